The Kier molecular flexibility index (Phi) is 5.02. The quantitative estimate of drug-likeness (QED) is 0.858. The van der Waals surface area contributed by atoms with Gasteiger partial charge < -0.3 is 0 Å². The highest BCUT2D eigenvalue weighted by molar-refractivity contribution is 6.32. The summed E-state index contributed by atoms with van der Waals surface area (Å²) >= 11 is 6.10. The van der Waals surface area contributed by atoms with Gasteiger partial charge in [-0.3, -0.25) is 14.3 Å². The Labute approximate surface area is 128 Å². The van der Waals surface area contributed by atoms with E-state index >= 15 is 0 Å². The lowest BCUT2D eigenvalue weighted by Crippen LogP contribution is -2.39. The summed E-state index contributed by atoms with van der Waals surface area (Å²) in [6, 6.07) is 9.06. The molecule has 0 aliphatic carbocycles. The minimum Gasteiger partial charge on any atom is -0.297 e. The van der Waals surface area contributed by atoms with Crippen LogP contribution in [0.3, 0.4) is 0 Å². The van der Waals surface area contributed by atoms with Crippen molar-refractivity contribution in [2.75, 3.05) is 0 Å². The fraction of sp³-hybridized carbons (Fsp3) is 0.375. The van der Waals surface area contributed by atoms with Crippen LogP contribution in [0.5, 0.6) is 0 Å². The van der Waals surface area contributed by atoms with E-state index in [-0.39, 0.29) is 16.8 Å². The molecule has 0 bridgehead atoms. The van der Waals surface area contributed by atoms with Crippen LogP contribution in [0, 0.1) is 0 Å². The van der Waals surface area contributed by atoms with Crippen molar-refractivity contribution in [1.29, 1.82) is 0 Å². The van der Waals surface area contributed by atoms with Crippen LogP contribution in [0.1, 0.15) is 39.2 Å². The average Bonchev–Trinajstić information content (AvgIpc) is 2.47. The standard InChI is InChI=1S/C16H19ClN2O2/c1-3-8-12(4-2)19-15(20)13(14(17)18-16(19)21)11-9-6-5-7-10-11/h5-7,9-10,12H,3-4,8H2,1-2H3,(H,18,21). The molecular formula is C16H19ClN2O2. The van der Waals surface area contributed by atoms with Crippen molar-refractivity contribution in [1.82, 2.24) is 9.55 Å². The summed E-state index contributed by atoms with van der Waals surface area (Å²) in [7, 11) is 0. The van der Waals surface area contributed by atoms with Crippen LogP contribution < -0.4 is 11.2 Å². The number of rotatable bonds is 5. The predicted molar refractivity (Wildman–Crippen MR) is 86.0 cm³/mol. The Hall–Kier alpha value is -1.81. The highest BCUT2D eigenvalue weighted by Crippen LogP contribution is 2.22. The smallest absolute Gasteiger partial charge is 0.297 e. The summed E-state index contributed by atoms with van der Waals surface area (Å²) in [6.07, 6.45) is 2.43. The zero-order valence-corrected chi connectivity index (χ0v) is 13.0. The number of halogens is 1. The third-order valence-corrected chi connectivity index (χ3v) is 3.89. The molecule has 0 amide bonds. The van der Waals surface area contributed by atoms with E-state index in [0.717, 1.165) is 19.3 Å². The monoisotopic (exact) mass is 306 g/mol. The first-order chi connectivity index (χ1) is 10.1. The molecule has 1 atom stereocenters. The lowest BCUT2D eigenvalue weighted by molar-refractivity contribution is 0.419. The van der Waals surface area contributed by atoms with Crippen molar-refractivity contribution in [3.63, 3.8) is 0 Å². The molecule has 112 valence electrons. The van der Waals surface area contributed by atoms with Crippen molar-refractivity contribution < 1.29 is 0 Å². The molecule has 0 fully saturated rings. The Morgan fingerprint density at radius 3 is 2.43 bits per heavy atom. The van der Waals surface area contributed by atoms with Gasteiger partial charge in [-0.2, -0.15) is 0 Å². The number of benzene rings is 1. The molecule has 4 nitrogen and oxygen atoms in total. The second-order valence-electron chi connectivity index (χ2n) is 5.01. The molecule has 1 N–H and O–H groups in total. The second kappa shape index (κ2) is 6.76. The van der Waals surface area contributed by atoms with Crippen molar-refractivity contribution in [3.05, 3.63) is 56.3 Å². The normalized spacial score (nSPS) is 12.3. The van der Waals surface area contributed by atoms with Gasteiger partial charge >= 0.3 is 5.69 Å². The highest BCUT2D eigenvalue weighted by atomic mass is 35.5. The number of hydrogen-bond donors (Lipinski definition) is 1. The third-order valence-electron chi connectivity index (χ3n) is 3.61. The molecule has 1 aromatic heterocycles. The Morgan fingerprint density at radius 1 is 1.19 bits per heavy atom. The summed E-state index contributed by atoms with van der Waals surface area (Å²) in [6.45, 7) is 4.01. The third kappa shape index (κ3) is 3.10. The van der Waals surface area contributed by atoms with Gasteiger partial charge in [0.15, 0.2) is 0 Å². The van der Waals surface area contributed by atoms with Crippen molar-refractivity contribution >= 4 is 11.6 Å². The predicted octanol–water partition coefficient (Wildman–Crippen LogP) is 3.61. The Morgan fingerprint density at radius 2 is 1.86 bits per heavy atom. The van der Waals surface area contributed by atoms with Gasteiger partial charge in [-0.05, 0) is 18.4 Å². The molecule has 1 aromatic carbocycles. The fourth-order valence-corrected chi connectivity index (χ4v) is 2.83. The number of nitrogens with zero attached hydrogens (tertiary/aromatic N) is 1. The number of nitrogens with one attached hydrogen (secondary N) is 1. The van der Waals surface area contributed by atoms with Crippen molar-refractivity contribution in [2.24, 2.45) is 0 Å². The molecule has 0 aliphatic rings. The molecule has 1 heterocycles. The fourth-order valence-electron chi connectivity index (χ4n) is 2.56. The minimum atomic E-state index is -0.440. The van der Waals surface area contributed by atoms with Gasteiger partial charge in [-0.1, -0.05) is 62.2 Å². The molecule has 0 spiro atoms. The summed E-state index contributed by atoms with van der Waals surface area (Å²) < 4.78 is 1.30. The van der Waals surface area contributed by atoms with E-state index in [0.29, 0.717) is 11.1 Å². The van der Waals surface area contributed by atoms with Crippen LogP contribution in [-0.4, -0.2) is 9.55 Å². The van der Waals surface area contributed by atoms with Gasteiger partial charge in [0.2, 0.25) is 0 Å². The van der Waals surface area contributed by atoms with E-state index in [2.05, 4.69) is 4.98 Å². The van der Waals surface area contributed by atoms with E-state index in [1.54, 1.807) is 0 Å². The van der Waals surface area contributed by atoms with Crippen LogP contribution in [0.15, 0.2) is 39.9 Å². The molecule has 21 heavy (non-hydrogen) atoms. The lowest BCUT2D eigenvalue weighted by atomic mass is 10.1. The van der Waals surface area contributed by atoms with Crippen LogP contribution in [0.25, 0.3) is 11.1 Å². The van der Waals surface area contributed by atoms with Gasteiger partial charge in [-0.25, -0.2) is 4.79 Å². The molecule has 1 unspecified atom stereocenters. The van der Waals surface area contributed by atoms with Gasteiger partial charge in [-0.15, -0.1) is 0 Å². The van der Waals surface area contributed by atoms with Gasteiger partial charge in [0.1, 0.15) is 5.15 Å². The topological polar surface area (TPSA) is 54.9 Å². The molecular weight excluding hydrogens is 288 g/mol. The number of aromatic nitrogens is 2. The molecule has 2 aromatic rings. The Balaban J connectivity index is 2.69. The first-order valence-electron chi connectivity index (χ1n) is 7.19. The van der Waals surface area contributed by atoms with Gasteiger partial charge in [0.25, 0.3) is 5.56 Å². The SMILES string of the molecule is CCCC(CC)n1c(=O)[nH]c(Cl)c(-c2ccccc2)c1=O. The average molecular weight is 307 g/mol. The first kappa shape index (κ1) is 15.6. The maximum Gasteiger partial charge on any atom is 0.329 e. The highest BCUT2D eigenvalue weighted by Gasteiger charge is 2.19. The molecule has 5 heteroatoms. The second-order valence-corrected chi connectivity index (χ2v) is 5.39. The molecule has 2 rings (SSSR count). The van der Waals surface area contributed by atoms with Crippen LogP contribution >= 0.6 is 11.6 Å². The minimum absolute atomic E-state index is 0.0961. The number of hydrogen-bond acceptors (Lipinski definition) is 2. The van der Waals surface area contributed by atoms with Crippen molar-refractivity contribution in [3.8, 4) is 11.1 Å². The zero-order valence-electron chi connectivity index (χ0n) is 12.2. The number of aromatic amines is 1. The summed E-state index contributed by atoms with van der Waals surface area (Å²) in [5.41, 5.74) is 0.301. The summed E-state index contributed by atoms with van der Waals surface area (Å²) in [5, 5.41) is 0.0961. The van der Waals surface area contributed by atoms with Crippen LogP contribution in [0.4, 0.5) is 0 Å². The van der Waals surface area contributed by atoms with E-state index in [4.69, 9.17) is 11.6 Å². The first-order valence-corrected chi connectivity index (χ1v) is 7.57. The van der Waals surface area contributed by atoms with Gasteiger partial charge in [0, 0.05) is 6.04 Å². The lowest BCUT2D eigenvalue weighted by Gasteiger charge is -2.17. The van der Waals surface area contributed by atoms with E-state index in [1.807, 2.05) is 44.2 Å². The molecule has 0 aliphatic heterocycles. The molecule has 0 saturated heterocycles. The largest absolute Gasteiger partial charge is 0.329 e. The maximum absolute atomic E-state index is 12.7. The zero-order chi connectivity index (χ0) is 15.4. The van der Waals surface area contributed by atoms with E-state index < -0.39 is 5.69 Å². The van der Waals surface area contributed by atoms with E-state index in [9.17, 15) is 9.59 Å². The maximum atomic E-state index is 12.7. The van der Waals surface area contributed by atoms with Crippen LogP contribution in [-0.2, 0) is 0 Å². The van der Waals surface area contributed by atoms with Crippen LogP contribution in [0.2, 0.25) is 5.15 Å². The molecule has 0 saturated carbocycles. The Bertz CT molecular complexity index is 719. The molecule has 0 radical (unpaired) electrons. The summed E-state index contributed by atoms with van der Waals surface area (Å²) in [4.78, 5) is 27.5. The van der Waals surface area contributed by atoms with Gasteiger partial charge in [0.05, 0.1) is 5.56 Å². The van der Waals surface area contributed by atoms with E-state index in [1.165, 1.54) is 4.57 Å². The number of H-pyrrole nitrogens is 1. The van der Waals surface area contributed by atoms with Crippen molar-refractivity contribution in [2.45, 2.75) is 39.2 Å². The summed E-state index contributed by atoms with van der Waals surface area (Å²) in [5.74, 6) is 0.